The molecule has 2 unspecified atom stereocenters. The molecular weight excluding hydrogens is 222 g/mol. The number of hydrogen-bond acceptors (Lipinski definition) is 6. The van der Waals surface area contributed by atoms with Crippen molar-refractivity contribution in [2.45, 2.75) is 51.4 Å². The van der Waals surface area contributed by atoms with Gasteiger partial charge in [0, 0.05) is 7.11 Å². The average Bonchev–Trinajstić information content (AvgIpc) is 2.81. The molecule has 0 radical (unpaired) electrons. The van der Waals surface area contributed by atoms with Crippen molar-refractivity contribution in [1.29, 1.82) is 0 Å². The van der Waals surface area contributed by atoms with Gasteiger partial charge >= 0.3 is 0 Å². The molecule has 98 valence electrons. The molecule has 0 amide bonds. The van der Waals surface area contributed by atoms with E-state index in [9.17, 15) is 5.11 Å². The van der Waals surface area contributed by atoms with Crippen LogP contribution in [0.25, 0.3) is 0 Å². The quantitative estimate of drug-likeness (QED) is 0.777. The Morgan fingerprint density at radius 1 is 1.47 bits per heavy atom. The third kappa shape index (κ3) is 2.65. The van der Waals surface area contributed by atoms with Gasteiger partial charge in [-0.1, -0.05) is 19.0 Å². The predicted molar refractivity (Wildman–Crippen MR) is 62.2 cm³/mol. The lowest BCUT2D eigenvalue weighted by Crippen LogP contribution is -2.29. The lowest BCUT2D eigenvalue weighted by molar-refractivity contribution is -0.0306. The molecule has 0 saturated heterocycles. The summed E-state index contributed by atoms with van der Waals surface area (Å²) in [5.74, 6) is 0.717. The highest BCUT2D eigenvalue weighted by atomic mass is 16.5. The van der Waals surface area contributed by atoms with E-state index in [2.05, 4.69) is 10.1 Å². The summed E-state index contributed by atoms with van der Waals surface area (Å²) in [6.45, 7) is 5.58. The molecule has 1 aromatic heterocycles. The number of hydrogen-bond donors (Lipinski definition) is 2. The molecule has 2 atom stereocenters. The van der Waals surface area contributed by atoms with Gasteiger partial charge in [0.1, 0.15) is 11.6 Å². The van der Waals surface area contributed by atoms with E-state index in [0.29, 0.717) is 5.82 Å². The van der Waals surface area contributed by atoms with Crippen molar-refractivity contribution in [3.05, 3.63) is 11.7 Å². The number of rotatable bonds is 6. The Labute approximate surface area is 101 Å². The van der Waals surface area contributed by atoms with Gasteiger partial charge in [-0.3, -0.25) is 0 Å². The largest absolute Gasteiger partial charge is 0.391 e. The van der Waals surface area contributed by atoms with Crippen LogP contribution >= 0.6 is 0 Å². The summed E-state index contributed by atoms with van der Waals surface area (Å²) in [5, 5.41) is 13.3. The number of nitrogens with zero attached hydrogens (tertiary/aromatic N) is 2. The molecule has 0 aliphatic carbocycles. The van der Waals surface area contributed by atoms with Gasteiger partial charge in [0.15, 0.2) is 0 Å². The summed E-state index contributed by atoms with van der Waals surface area (Å²) in [5.41, 5.74) is 5.19. The maximum atomic E-state index is 9.37. The number of nitrogens with two attached hydrogens (primary N) is 1. The van der Waals surface area contributed by atoms with Crippen LogP contribution in [0.3, 0.4) is 0 Å². The van der Waals surface area contributed by atoms with E-state index in [4.69, 9.17) is 15.0 Å². The highest BCUT2D eigenvalue weighted by molar-refractivity contribution is 5.03. The minimum atomic E-state index is -0.733. The van der Waals surface area contributed by atoms with Crippen LogP contribution in [0.4, 0.5) is 0 Å². The Morgan fingerprint density at radius 2 is 2.06 bits per heavy atom. The van der Waals surface area contributed by atoms with Gasteiger partial charge < -0.3 is 20.1 Å². The fourth-order valence-corrected chi connectivity index (χ4v) is 1.71. The van der Waals surface area contributed by atoms with Crippen molar-refractivity contribution in [3.8, 4) is 0 Å². The van der Waals surface area contributed by atoms with E-state index in [1.165, 1.54) is 0 Å². The number of ether oxygens (including phenoxy) is 1. The van der Waals surface area contributed by atoms with Gasteiger partial charge in [-0.15, -0.1) is 0 Å². The number of aromatic nitrogens is 2. The second kappa shape index (κ2) is 5.57. The van der Waals surface area contributed by atoms with Gasteiger partial charge in [-0.05, 0) is 19.8 Å². The summed E-state index contributed by atoms with van der Waals surface area (Å²) >= 11 is 0. The Morgan fingerprint density at radius 3 is 2.47 bits per heavy atom. The van der Waals surface area contributed by atoms with Crippen molar-refractivity contribution in [1.82, 2.24) is 10.1 Å². The first-order valence-electron chi connectivity index (χ1n) is 5.83. The summed E-state index contributed by atoms with van der Waals surface area (Å²) in [4.78, 5) is 4.23. The first-order chi connectivity index (χ1) is 8.00. The lowest BCUT2D eigenvalue weighted by Gasteiger charge is -2.25. The molecule has 0 spiro atoms. The van der Waals surface area contributed by atoms with E-state index in [1.54, 1.807) is 14.0 Å². The zero-order valence-corrected chi connectivity index (χ0v) is 10.8. The molecule has 0 aliphatic rings. The van der Waals surface area contributed by atoms with Crippen molar-refractivity contribution < 1.29 is 14.4 Å². The van der Waals surface area contributed by atoms with Crippen molar-refractivity contribution in [2.24, 2.45) is 5.73 Å². The van der Waals surface area contributed by atoms with Crippen LogP contribution in [-0.4, -0.2) is 28.5 Å². The fraction of sp³-hybridized carbons (Fsp3) is 0.818. The second-order valence-corrected chi connectivity index (χ2v) is 4.13. The Balaban J connectivity index is 3.00. The number of aliphatic hydroxyl groups is 1. The van der Waals surface area contributed by atoms with Gasteiger partial charge in [0.25, 0.3) is 0 Å². The molecule has 0 aromatic carbocycles. The van der Waals surface area contributed by atoms with E-state index < -0.39 is 17.7 Å². The predicted octanol–water partition coefficient (Wildman–Crippen LogP) is 1.11. The van der Waals surface area contributed by atoms with E-state index in [1.807, 2.05) is 13.8 Å². The van der Waals surface area contributed by atoms with E-state index in [0.717, 1.165) is 12.8 Å². The zero-order chi connectivity index (χ0) is 13.1. The lowest BCUT2D eigenvalue weighted by atomic mass is 9.96. The molecule has 0 fully saturated rings. The van der Waals surface area contributed by atoms with Crippen LogP contribution in [0.1, 0.15) is 51.4 Å². The minimum Gasteiger partial charge on any atom is -0.391 e. The Bertz CT molecular complexity index is 339. The fourth-order valence-electron chi connectivity index (χ4n) is 1.71. The number of aliphatic hydroxyl groups excluding tert-OH is 1. The van der Waals surface area contributed by atoms with Crippen LogP contribution in [0, 0.1) is 0 Å². The summed E-state index contributed by atoms with van der Waals surface area (Å²) in [7, 11) is 1.62. The van der Waals surface area contributed by atoms with Crippen molar-refractivity contribution in [3.63, 3.8) is 0 Å². The third-order valence-electron chi connectivity index (χ3n) is 3.19. The van der Waals surface area contributed by atoms with Gasteiger partial charge in [0.05, 0.1) is 6.10 Å². The zero-order valence-electron chi connectivity index (χ0n) is 10.8. The van der Waals surface area contributed by atoms with Crippen LogP contribution in [0.15, 0.2) is 4.52 Å². The highest BCUT2D eigenvalue weighted by Gasteiger charge is 2.34. The van der Waals surface area contributed by atoms with Crippen LogP contribution in [-0.2, 0) is 10.3 Å². The summed E-state index contributed by atoms with van der Waals surface area (Å²) in [6, 6.07) is -0.667. The Hall–Kier alpha value is -0.980. The summed E-state index contributed by atoms with van der Waals surface area (Å²) < 4.78 is 10.6. The molecular formula is C11H21N3O3. The standard InChI is InChI=1S/C11H21N3O3/c1-5-11(6-2,16-4)10-13-9(17-14-10)8(12)7(3)15/h7-8,15H,5-6,12H2,1-4H3. The maximum Gasteiger partial charge on any atom is 0.246 e. The smallest absolute Gasteiger partial charge is 0.246 e. The minimum absolute atomic E-state index is 0.235. The van der Waals surface area contributed by atoms with Gasteiger partial charge in [0.2, 0.25) is 11.7 Å². The topological polar surface area (TPSA) is 94.4 Å². The molecule has 1 aromatic rings. The molecule has 1 rings (SSSR count). The Kier molecular flexibility index (Phi) is 4.62. The van der Waals surface area contributed by atoms with Gasteiger partial charge in [-0.25, -0.2) is 0 Å². The summed E-state index contributed by atoms with van der Waals surface area (Å²) in [6.07, 6.45) is 0.745. The molecule has 1 heterocycles. The molecule has 0 bridgehead atoms. The molecule has 0 saturated carbocycles. The van der Waals surface area contributed by atoms with E-state index >= 15 is 0 Å². The maximum absolute atomic E-state index is 9.37. The van der Waals surface area contributed by atoms with Crippen LogP contribution < -0.4 is 5.73 Å². The molecule has 6 heteroatoms. The second-order valence-electron chi connectivity index (χ2n) is 4.13. The highest BCUT2D eigenvalue weighted by Crippen LogP contribution is 2.30. The first-order valence-corrected chi connectivity index (χ1v) is 5.83. The molecule has 6 nitrogen and oxygen atoms in total. The number of methoxy groups -OCH3 is 1. The normalized spacial score (nSPS) is 15.9. The van der Waals surface area contributed by atoms with Crippen LogP contribution in [0.5, 0.6) is 0 Å². The average molecular weight is 243 g/mol. The van der Waals surface area contributed by atoms with Gasteiger partial charge in [-0.2, -0.15) is 4.98 Å². The van der Waals surface area contributed by atoms with Crippen molar-refractivity contribution in [2.75, 3.05) is 7.11 Å². The van der Waals surface area contributed by atoms with Crippen LogP contribution in [0.2, 0.25) is 0 Å². The third-order valence-corrected chi connectivity index (χ3v) is 3.19. The first kappa shape index (κ1) is 14.1. The van der Waals surface area contributed by atoms with Crippen molar-refractivity contribution >= 4 is 0 Å². The SMILES string of the molecule is CCC(CC)(OC)c1noc(C(N)C(C)O)n1. The molecule has 17 heavy (non-hydrogen) atoms. The molecule has 3 N–H and O–H groups in total. The molecule has 0 aliphatic heterocycles. The van der Waals surface area contributed by atoms with E-state index in [-0.39, 0.29) is 5.89 Å². The monoisotopic (exact) mass is 243 g/mol.